The minimum Gasteiger partial charge on any atom is -0.347 e. The molecular formula is C23H29BrN3S+. The Morgan fingerprint density at radius 1 is 1.04 bits per heavy atom. The summed E-state index contributed by atoms with van der Waals surface area (Å²) in [6, 6.07) is 18.9. The molecule has 0 aromatic heterocycles. The zero-order valence-electron chi connectivity index (χ0n) is 16.7. The molecule has 2 fully saturated rings. The summed E-state index contributed by atoms with van der Waals surface area (Å²) in [4.78, 5) is 4.09. The molecule has 2 N–H and O–H groups in total. The average molecular weight is 459 g/mol. The van der Waals surface area contributed by atoms with Gasteiger partial charge in [-0.3, -0.25) is 0 Å². The minimum atomic E-state index is 0.282. The summed E-state index contributed by atoms with van der Waals surface area (Å²) in [6.45, 7) is 10.4. The number of rotatable bonds is 3. The number of benzene rings is 2. The molecule has 0 aliphatic carbocycles. The van der Waals surface area contributed by atoms with Crippen LogP contribution in [-0.2, 0) is 6.54 Å². The Morgan fingerprint density at radius 3 is 2.29 bits per heavy atom. The first-order valence-corrected chi connectivity index (χ1v) is 11.2. The van der Waals surface area contributed by atoms with Gasteiger partial charge < -0.3 is 15.1 Å². The fraction of sp³-hybridized carbons (Fsp3) is 0.435. The number of quaternary nitrogens is 1. The molecule has 0 saturated carbocycles. The van der Waals surface area contributed by atoms with Gasteiger partial charge in [0.15, 0.2) is 5.11 Å². The third-order valence-corrected chi connectivity index (χ3v) is 7.20. The molecule has 0 spiro atoms. The van der Waals surface area contributed by atoms with E-state index in [1.807, 2.05) is 18.2 Å². The monoisotopic (exact) mass is 458 g/mol. The maximum absolute atomic E-state index is 5.79. The van der Waals surface area contributed by atoms with Crippen molar-refractivity contribution in [1.82, 2.24) is 4.90 Å². The summed E-state index contributed by atoms with van der Waals surface area (Å²) >= 11 is 9.51. The van der Waals surface area contributed by atoms with E-state index in [0.717, 1.165) is 30.4 Å². The molecule has 4 rings (SSSR count). The number of thiocarbonyl (C=S) groups is 1. The molecule has 0 radical (unpaired) electrons. The smallest absolute Gasteiger partial charge is 0.173 e. The van der Waals surface area contributed by atoms with Crippen LogP contribution in [0.1, 0.15) is 25.8 Å². The Morgan fingerprint density at radius 2 is 1.64 bits per heavy atom. The molecule has 1 unspecified atom stereocenters. The zero-order valence-corrected chi connectivity index (χ0v) is 19.1. The molecule has 5 heteroatoms. The predicted octanol–water partition coefficient (Wildman–Crippen LogP) is 3.96. The molecule has 2 saturated heterocycles. The van der Waals surface area contributed by atoms with E-state index in [2.05, 4.69) is 76.4 Å². The van der Waals surface area contributed by atoms with Crippen molar-refractivity contribution >= 4 is 38.9 Å². The number of fused-ring (bicyclic) bond motifs is 2. The van der Waals surface area contributed by atoms with E-state index >= 15 is 0 Å². The molecular weight excluding hydrogens is 430 g/mol. The van der Waals surface area contributed by atoms with Crippen molar-refractivity contribution in [2.45, 2.75) is 26.8 Å². The highest BCUT2D eigenvalue weighted by Crippen LogP contribution is 2.41. The van der Waals surface area contributed by atoms with E-state index < -0.39 is 0 Å². The van der Waals surface area contributed by atoms with Gasteiger partial charge in [-0.25, -0.2) is 0 Å². The van der Waals surface area contributed by atoms with E-state index in [-0.39, 0.29) is 10.8 Å². The summed E-state index contributed by atoms with van der Waals surface area (Å²) in [5, 5.41) is 4.30. The van der Waals surface area contributed by atoms with Gasteiger partial charge in [0, 0.05) is 39.6 Å². The quantitative estimate of drug-likeness (QED) is 0.678. The largest absolute Gasteiger partial charge is 0.347 e. The molecule has 0 amide bonds. The molecule has 3 atom stereocenters. The number of hydrogen-bond acceptors (Lipinski definition) is 1. The van der Waals surface area contributed by atoms with E-state index in [4.69, 9.17) is 12.2 Å². The van der Waals surface area contributed by atoms with Gasteiger partial charge >= 0.3 is 0 Å². The first-order chi connectivity index (χ1) is 13.3. The lowest BCUT2D eigenvalue weighted by Gasteiger charge is -2.55. The number of halogens is 1. The fourth-order valence-electron chi connectivity index (χ4n) is 5.53. The van der Waals surface area contributed by atoms with Crippen molar-refractivity contribution in [3.05, 3.63) is 64.6 Å². The SMILES string of the molecule is C[C@]12CN(C(=S)Nc3ccccc3)C[C@](C)(C[NH+](Cc3ccccc3Br)C1)C2. The lowest BCUT2D eigenvalue weighted by molar-refractivity contribution is -0.934. The normalized spacial score (nSPS) is 29.4. The third kappa shape index (κ3) is 4.42. The predicted molar refractivity (Wildman–Crippen MR) is 124 cm³/mol. The Kier molecular flexibility index (Phi) is 5.51. The summed E-state index contributed by atoms with van der Waals surface area (Å²) in [5.41, 5.74) is 3.04. The summed E-state index contributed by atoms with van der Waals surface area (Å²) in [7, 11) is 0. The molecule has 2 aromatic rings. The van der Waals surface area contributed by atoms with E-state index in [1.54, 1.807) is 4.90 Å². The molecule has 3 nitrogen and oxygen atoms in total. The van der Waals surface area contributed by atoms with Gasteiger partial charge in [0.05, 0.1) is 13.1 Å². The maximum Gasteiger partial charge on any atom is 0.173 e. The van der Waals surface area contributed by atoms with Crippen molar-refractivity contribution in [3.8, 4) is 0 Å². The topological polar surface area (TPSA) is 19.7 Å². The first-order valence-electron chi connectivity index (χ1n) is 10.0. The van der Waals surface area contributed by atoms with Gasteiger partial charge in [0.1, 0.15) is 6.54 Å². The van der Waals surface area contributed by atoms with Crippen LogP contribution in [0, 0.1) is 10.8 Å². The second-order valence-electron chi connectivity index (χ2n) is 9.32. The Hall–Kier alpha value is -1.43. The number of para-hydroxylation sites is 1. The van der Waals surface area contributed by atoms with Crippen molar-refractivity contribution < 1.29 is 4.90 Å². The Balaban J connectivity index is 1.47. The molecule has 2 aliphatic rings. The van der Waals surface area contributed by atoms with Crippen LogP contribution >= 0.6 is 28.1 Å². The summed E-state index contributed by atoms with van der Waals surface area (Å²) < 4.78 is 1.23. The van der Waals surface area contributed by atoms with Crippen molar-refractivity contribution in [1.29, 1.82) is 0 Å². The van der Waals surface area contributed by atoms with Crippen LogP contribution in [0.4, 0.5) is 5.69 Å². The van der Waals surface area contributed by atoms with Gasteiger partial charge in [-0.05, 0) is 36.8 Å². The van der Waals surface area contributed by atoms with Gasteiger partial charge in [0.25, 0.3) is 0 Å². The standard InChI is InChI=1S/C23H28BrN3S/c1-22-13-23(2,15-26(14-22)12-18-8-6-7-11-20(18)24)17-27(16-22)21(28)25-19-9-4-3-5-10-19/h3-11H,12-17H2,1-2H3,(H,25,28)/p+1/t22-,23+. The zero-order chi connectivity index (χ0) is 19.8. The molecule has 2 aromatic carbocycles. The van der Waals surface area contributed by atoms with Crippen LogP contribution < -0.4 is 10.2 Å². The van der Waals surface area contributed by atoms with Gasteiger partial charge in [-0.1, -0.05) is 66.2 Å². The lowest BCUT2D eigenvalue weighted by atomic mass is 9.65. The van der Waals surface area contributed by atoms with Gasteiger partial charge in [0.2, 0.25) is 0 Å². The van der Waals surface area contributed by atoms with Crippen molar-refractivity contribution in [2.75, 3.05) is 31.5 Å². The molecule has 2 aliphatic heterocycles. The van der Waals surface area contributed by atoms with E-state index in [0.29, 0.717) is 0 Å². The second-order valence-corrected chi connectivity index (χ2v) is 10.6. The van der Waals surface area contributed by atoms with Crippen LogP contribution in [0.3, 0.4) is 0 Å². The lowest BCUT2D eigenvalue weighted by Crippen LogP contribution is -3.15. The number of nitrogens with zero attached hydrogens (tertiary/aromatic N) is 1. The fourth-order valence-corrected chi connectivity index (χ4v) is 6.20. The van der Waals surface area contributed by atoms with Gasteiger partial charge in [-0.15, -0.1) is 0 Å². The highest BCUT2D eigenvalue weighted by Gasteiger charge is 2.51. The van der Waals surface area contributed by atoms with Crippen LogP contribution in [0.5, 0.6) is 0 Å². The molecule has 2 bridgehead atoms. The Bertz CT molecular complexity index is 838. The number of hydrogen-bond donors (Lipinski definition) is 2. The van der Waals surface area contributed by atoms with E-state index in [9.17, 15) is 0 Å². The third-order valence-electron chi connectivity index (χ3n) is 6.06. The molecule has 148 valence electrons. The highest BCUT2D eigenvalue weighted by molar-refractivity contribution is 9.10. The number of piperidine rings is 2. The average Bonchev–Trinajstić information content (AvgIpc) is 2.62. The van der Waals surface area contributed by atoms with Crippen molar-refractivity contribution in [3.63, 3.8) is 0 Å². The van der Waals surface area contributed by atoms with Crippen molar-refractivity contribution in [2.24, 2.45) is 10.8 Å². The van der Waals surface area contributed by atoms with E-state index in [1.165, 1.54) is 29.5 Å². The number of likely N-dealkylation sites (tertiary alicyclic amines) is 2. The summed E-state index contributed by atoms with van der Waals surface area (Å²) in [6.07, 6.45) is 1.28. The second kappa shape index (κ2) is 7.77. The highest BCUT2D eigenvalue weighted by atomic mass is 79.9. The minimum absolute atomic E-state index is 0.282. The van der Waals surface area contributed by atoms with Gasteiger partial charge in [-0.2, -0.15) is 0 Å². The first kappa shape index (κ1) is 19.9. The number of anilines is 1. The maximum atomic E-state index is 5.79. The van der Waals surface area contributed by atoms with Crippen LogP contribution in [-0.4, -0.2) is 36.2 Å². The Labute approximate surface area is 182 Å². The molecule has 2 heterocycles. The number of nitrogens with one attached hydrogen (secondary N) is 2. The van der Waals surface area contributed by atoms with Crippen LogP contribution in [0.25, 0.3) is 0 Å². The molecule has 28 heavy (non-hydrogen) atoms. The van der Waals surface area contributed by atoms with Crippen LogP contribution in [0.15, 0.2) is 59.1 Å². The summed E-state index contributed by atoms with van der Waals surface area (Å²) in [5.74, 6) is 0. The van der Waals surface area contributed by atoms with Crippen LogP contribution in [0.2, 0.25) is 0 Å².